The van der Waals surface area contributed by atoms with Crippen LogP contribution >= 0.6 is 11.3 Å². The molecule has 0 saturated carbocycles. The zero-order chi connectivity index (χ0) is 19.5. The number of carbonyl (C=O) groups is 1. The topological polar surface area (TPSA) is 93.8 Å². The highest BCUT2D eigenvalue weighted by atomic mass is 32.1. The van der Waals surface area contributed by atoms with E-state index >= 15 is 0 Å². The third kappa shape index (κ3) is 3.89. The minimum Gasteiger partial charge on any atom is -0.366 e. The number of benzene rings is 1. The molecule has 1 amide bonds. The number of rotatable bonds is 5. The molecule has 0 aliphatic rings. The molecule has 3 N–H and O–H groups in total. The summed E-state index contributed by atoms with van der Waals surface area (Å²) in [4.78, 5) is 25.8. The number of carbonyl (C=O) groups excluding carboxylic acids is 1. The van der Waals surface area contributed by atoms with Crippen molar-refractivity contribution in [1.29, 1.82) is 0 Å². The Balaban J connectivity index is 1.59. The van der Waals surface area contributed by atoms with Crippen LogP contribution in [-0.2, 0) is 0 Å². The maximum Gasteiger partial charge on any atom is 0.248 e. The number of pyridine rings is 2. The second-order valence-corrected chi connectivity index (χ2v) is 7.26. The van der Waals surface area contributed by atoms with E-state index in [0.717, 1.165) is 32.5 Å². The number of nitrogens with two attached hydrogens (primary N) is 1. The van der Waals surface area contributed by atoms with E-state index in [-0.39, 0.29) is 0 Å². The van der Waals surface area contributed by atoms with E-state index in [1.54, 1.807) is 24.4 Å². The van der Waals surface area contributed by atoms with Crippen molar-refractivity contribution in [2.24, 2.45) is 5.73 Å². The van der Waals surface area contributed by atoms with Crippen molar-refractivity contribution in [2.75, 3.05) is 5.32 Å². The Kier molecular flexibility index (Phi) is 4.82. The Labute approximate surface area is 166 Å². The molecule has 0 aliphatic heterocycles. The summed E-state index contributed by atoms with van der Waals surface area (Å²) >= 11 is 1.51. The van der Waals surface area contributed by atoms with E-state index < -0.39 is 5.91 Å². The Morgan fingerprint density at radius 2 is 1.86 bits per heavy atom. The van der Waals surface area contributed by atoms with Gasteiger partial charge in [-0.25, -0.2) is 15.0 Å². The number of nitrogens with one attached hydrogen (secondary N) is 1. The molecule has 138 valence electrons. The van der Waals surface area contributed by atoms with Gasteiger partial charge < -0.3 is 11.1 Å². The number of amides is 1. The fraction of sp³-hybridized carbons (Fsp3) is 0.0476. The third-order valence-corrected chi connectivity index (χ3v) is 5.14. The lowest BCUT2D eigenvalue weighted by molar-refractivity contribution is 0.100. The van der Waals surface area contributed by atoms with Crippen LogP contribution in [-0.4, -0.2) is 20.9 Å². The molecular weight excluding hydrogens is 370 g/mol. The summed E-state index contributed by atoms with van der Waals surface area (Å²) in [5, 5.41) is 4.01. The monoisotopic (exact) mass is 387 g/mol. The van der Waals surface area contributed by atoms with Gasteiger partial charge in [-0.3, -0.25) is 4.79 Å². The van der Waals surface area contributed by atoms with E-state index in [9.17, 15) is 4.79 Å². The molecule has 0 radical (unpaired) electrons. The van der Waals surface area contributed by atoms with Gasteiger partial charge in [0.1, 0.15) is 16.6 Å². The summed E-state index contributed by atoms with van der Waals surface area (Å²) in [6.07, 6.45) is 3.59. The molecule has 3 heterocycles. The quantitative estimate of drug-likeness (QED) is 0.529. The number of primary amides is 1. The normalized spacial score (nSPS) is 10.6. The van der Waals surface area contributed by atoms with Crippen LogP contribution in [0.4, 0.5) is 11.6 Å². The first-order chi connectivity index (χ1) is 13.6. The van der Waals surface area contributed by atoms with E-state index in [1.165, 1.54) is 11.3 Å². The van der Waals surface area contributed by atoms with Crippen molar-refractivity contribution < 1.29 is 4.79 Å². The lowest BCUT2D eigenvalue weighted by Gasteiger charge is -2.06. The zero-order valence-corrected chi connectivity index (χ0v) is 15.9. The van der Waals surface area contributed by atoms with Gasteiger partial charge in [-0.15, -0.1) is 11.3 Å². The summed E-state index contributed by atoms with van der Waals surface area (Å²) in [6.45, 7) is 2.00. The second-order valence-electron chi connectivity index (χ2n) is 6.23. The summed E-state index contributed by atoms with van der Waals surface area (Å²) < 4.78 is 0. The lowest BCUT2D eigenvalue weighted by atomic mass is 10.1. The van der Waals surface area contributed by atoms with Crippen LogP contribution in [0.3, 0.4) is 0 Å². The van der Waals surface area contributed by atoms with E-state index in [0.29, 0.717) is 11.4 Å². The first-order valence-corrected chi connectivity index (χ1v) is 9.43. The van der Waals surface area contributed by atoms with Crippen LogP contribution in [0, 0.1) is 6.92 Å². The van der Waals surface area contributed by atoms with Crippen LogP contribution in [0.1, 0.15) is 15.9 Å². The summed E-state index contributed by atoms with van der Waals surface area (Å²) in [6, 6.07) is 16.8. The number of hydrogen-bond acceptors (Lipinski definition) is 6. The second kappa shape index (κ2) is 7.58. The smallest absolute Gasteiger partial charge is 0.248 e. The van der Waals surface area contributed by atoms with Crippen LogP contribution in [0.2, 0.25) is 0 Å². The van der Waals surface area contributed by atoms with Crippen molar-refractivity contribution >= 4 is 28.9 Å². The van der Waals surface area contributed by atoms with E-state index in [4.69, 9.17) is 5.73 Å². The predicted octanol–water partition coefficient (Wildman–Crippen LogP) is 4.42. The molecule has 0 saturated heterocycles. The average molecular weight is 387 g/mol. The van der Waals surface area contributed by atoms with Crippen molar-refractivity contribution in [1.82, 2.24) is 15.0 Å². The number of hydrogen-bond donors (Lipinski definition) is 2. The van der Waals surface area contributed by atoms with Crippen LogP contribution in [0.25, 0.3) is 21.1 Å². The molecule has 0 fully saturated rings. The van der Waals surface area contributed by atoms with Gasteiger partial charge in [-0.1, -0.05) is 24.3 Å². The number of thiazole rings is 1. The Hall–Kier alpha value is -3.58. The molecule has 7 heteroatoms. The highest BCUT2D eigenvalue weighted by Gasteiger charge is 2.10. The highest BCUT2D eigenvalue weighted by molar-refractivity contribution is 7.18. The zero-order valence-electron chi connectivity index (χ0n) is 15.1. The predicted molar refractivity (Wildman–Crippen MR) is 112 cm³/mol. The lowest BCUT2D eigenvalue weighted by Crippen LogP contribution is -2.10. The summed E-state index contributed by atoms with van der Waals surface area (Å²) in [7, 11) is 0. The van der Waals surface area contributed by atoms with Gasteiger partial charge in [-0.2, -0.15) is 0 Å². The van der Waals surface area contributed by atoms with Crippen LogP contribution < -0.4 is 11.1 Å². The number of aryl methyl sites for hydroxylation is 1. The molecule has 6 nitrogen and oxygen atoms in total. The molecule has 0 spiro atoms. The molecule has 4 rings (SSSR count). The highest BCUT2D eigenvalue weighted by Crippen LogP contribution is 2.32. The number of anilines is 2. The maximum atomic E-state index is 11.4. The van der Waals surface area contributed by atoms with Crippen molar-refractivity contribution in [3.8, 4) is 21.1 Å². The Bertz CT molecular complexity index is 1140. The van der Waals surface area contributed by atoms with Gasteiger partial charge >= 0.3 is 0 Å². The van der Waals surface area contributed by atoms with Gasteiger partial charge in [-0.05, 0) is 42.8 Å². The molecule has 0 atom stereocenters. The van der Waals surface area contributed by atoms with Crippen LogP contribution in [0.5, 0.6) is 0 Å². The Morgan fingerprint density at radius 3 is 2.64 bits per heavy atom. The molecule has 3 aromatic heterocycles. The van der Waals surface area contributed by atoms with Crippen LogP contribution in [0.15, 0.2) is 67.0 Å². The van der Waals surface area contributed by atoms with E-state index in [2.05, 4.69) is 20.3 Å². The van der Waals surface area contributed by atoms with E-state index in [1.807, 2.05) is 49.5 Å². The van der Waals surface area contributed by atoms with Gasteiger partial charge in [0.15, 0.2) is 0 Å². The number of aromatic nitrogens is 3. The minimum absolute atomic E-state index is 0.455. The fourth-order valence-electron chi connectivity index (χ4n) is 2.65. The SMILES string of the molecule is Cc1ccc(Nc2cccc(-c3cnc(-c4cccc(C(N)=O)c4)s3)n2)nc1. The first kappa shape index (κ1) is 17.8. The minimum atomic E-state index is -0.455. The Morgan fingerprint density at radius 1 is 1.00 bits per heavy atom. The van der Waals surface area contributed by atoms with Gasteiger partial charge in [0.05, 0.1) is 10.6 Å². The summed E-state index contributed by atoms with van der Waals surface area (Å²) in [5.74, 6) is 0.992. The maximum absolute atomic E-state index is 11.4. The average Bonchev–Trinajstić information content (AvgIpc) is 3.20. The third-order valence-electron chi connectivity index (χ3n) is 4.07. The van der Waals surface area contributed by atoms with Gasteiger partial charge in [0.2, 0.25) is 5.91 Å². The fourth-order valence-corrected chi connectivity index (χ4v) is 3.53. The molecule has 0 unspecified atom stereocenters. The van der Waals surface area contributed by atoms with Gasteiger partial charge in [0.25, 0.3) is 0 Å². The molecule has 28 heavy (non-hydrogen) atoms. The molecule has 1 aromatic carbocycles. The first-order valence-electron chi connectivity index (χ1n) is 8.62. The number of nitrogens with zero attached hydrogens (tertiary/aromatic N) is 3. The van der Waals surface area contributed by atoms with Gasteiger partial charge in [0, 0.05) is 23.5 Å². The standard InChI is InChI=1S/C21H17N5OS/c1-13-8-9-18(23-11-13)26-19-7-3-6-16(25-19)17-12-24-21(28-17)15-5-2-4-14(10-15)20(22)27/h2-12H,1H3,(H2,22,27)(H,23,25,26). The molecule has 0 aliphatic carbocycles. The van der Waals surface area contributed by atoms with Crippen molar-refractivity contribution in [2.45, 2.75) is 6.92 Å². The molecule has 4 aromatic rings. The molecular formula is C21H17N5OS. The summed E-state index contributed by atoms with van der Waals surface area (Å²) in [5.41, 5.74) is 8.60. The van der Waals surface area contributed by atoms with Crippen molar-refractivity contribution in [3.05, 3.63) is 78.1 Å². The van der Waals surface area contributed by atoms with Crippen molar-refractivity contribution in [3.63, 3.8) is 0 Å². The molecule has 0 bridgehead atoms. The largest absolute Gasteiger partial charge is 0.366 e.